The summed E-state index contributed by atoms with van der Waals surface area (Å²) in [5, 5.41) is 6.93. The summed E-state index contributed by atoms with van der Waals surface area (Å²) in [6, 6.07) is 0. The third-order valence-electron chi connectivity index (χ3n) is 5.78. The van der Waals surface area contributed by atoms with Crippen molar-refractivity contribution in [2.24, 2.45) is 0 Å². The predicted molar refractivity (Wildman–Crippen MR) is 116 cm³/mol. The molecular formula is C20H40N6O4. The molecule has 10 nitrogen and oxygen atoms in total. The highest BCUT2D eigenvalue weighted by Crippen LogP contribution is 2.00. The molecular weight excluding hydrogens is 388 g/mol. The lowest BCUT2D eigenvalue weighted by Crippen LogP contribution is -2.44. The Kier molecular flexibility index (Phi) is 12.2. The molecule has 0 unspecified atom stereocenters. The van der Waals surface area contributed by atoms with E-state index in [1.165, 1.54) is 14.2 Å². The molecule has 174 valence electrons. The predicted octanol–water partition coefficient (Wildman–Crippen LogP) is -2.25. The van der Waals surface area contributed by atoms with Crippen molar-refractivity contribution < 1.29 is 19.1 Å². The zero-order valence-corrected chi connectivity index (χ0v) is 18.7. The van der Waals surface area contributed by atoms with Crippen LogP contribution in [0.5, 0.6) is 0 Å². The zero-order chi connectivity index (χ0) is 21.6. The van der Waals surface area contributed by atoms with Crippen molar-refractivity contribution in [3.05, 3.63) is 0 Å². The van der Waals surface area contributed by atoms with Crippen LogP contribution in [0.25, 0.3) is 0 Å². The average molecular weight is 429 g/mol. The van der Waals surface area contributed by atoms with Gasteiger partial charge in [0.05, 0.1) is 27.3 Å². The first-order valence-electron chi connectivity index (χ1n) is 11.0. The summed E-state index contributed by atoms with van der Waals surface area (Å²) in [7, 11) is 2.88. The van der Waals surface area contributed by atoms with Crippen molar-refractivity contribution in [1.29, 1.82) is 0 Å². The van der Waals surface area contributed by atoms with E-state index in [0.29, 0.717) is 13.1 Å². The standard InChI is InChI=1S/C20H40N6O4/c1-29-19(27)17-25-9-5-21-3-7-23(13-15-25)11-12-24-8-4-22-6-10-26(16-14-24)18-20(28)30-2/h21-22H,3-18H2,1-2H3. The fourth-order valence-corrected chi connectivity index (χ4v) is 3.75. The van der Waals surface area contributed by atoms with Crippen LogP contribution in [-0.2, 0) is 19.1 Å². The van der Waals surface area contributed by atoms with E-state index in [1.54, 1.807) is 0 Å². The maximum Gasteiger partial charge on any atom is 0.319 e. The van der Waals surface area contributed by atoms with Gasteiger partial charge in [0.2, 0.25) is 0 Å². The molecule has 0 spiro atoms. The second-order valence-corrected chi connectivity index (χ2v) is 7.89. The van der Waals surface area contributed by atoms with Crippen molar-refractivity contribution in [1.82, 2.24) is 30.2 Å². The van der Waals surface area contributed by atoms with Crippen LogP contribution in [0.4, 0.5) is 0 Å². The molecule has 0 bridgehead atoms. The minimum absolute atomic E-state index is 0.179. The lowest BCUT2D eigenvalue weighted by atomic mass is 10.3. The fraction of sp³-hybridized carbons (Fsp3) is 0.900. The second-order valence-electron chi connectivity index (χ2n) is 7.89. The average Bonchev–Trinajstić information content (AvgIpc) is 2.93. The summed E-state index contributed by atoms with van der Waals surface area (Å²) in [5.74, 6) is -0.358. The molecule has 0 radical (unpaired) electrons. The lowest BCUT2D eigenvalue weighted by molar-refractivity contribution is -0.142. The van der Waals surface area contributed by atoms with Gasteiger partial charge in [0.1, 0.15) is 0 Å². The van der Waals surface area contributed by atoms with Crippen LogP contribution in [0.1, 0.15) is 0 Å². The molecule has 0 aromatic rings. The Morgan fingerprint density at radius 2 is 0.933 bits per heavy atom. The van der Waals surface area contributed by atoms with Gasteiger partial charge in [0.15, 0.2) is 0 Å². The maximum absolute atomic E-state index is 11.6. The Morgan fingerprint density at radius 1 is 0.600 bits per heavy atom. The van der Waals surface area contributed by atoms with Crippen LogP contribution in [-0.4, -0.2) is 150 Å². The van der Waals surface area contributed by atoms with Crippen LogP contribution in [0.3, 0.4) is 0 Å². The van der Waals surface area contributed by atoms with Crippen LogP contribution in [0.2, 0.25) is 0 Å². The molecule has 2 saturated heterocycles. The molecule has 0 atom stereocenters. The van der Waals surface area contributed by atoms with Gasteiger partial charge in [-0.25, -0.2) is 0 Å². The number of hydrogen-bond donors (Lipinski definition) is 2. The van der Waals surface area contributed by atoms with Gasteiger partial charge in [-0.3, -0.25) is 29.2 Å². The smallest absolute Gasteiger partial charge is 0.319 e. The molecule has 0 aromatic carbocycles. The Bertz CT molecular complexity index is 466. The molecule has 0 aromatic heterocycles. The highest BCUT2D eigenvalue weighted by Gasteiger charge is 2.18. The quantitative estimate of drug-likeness (QED) is 0.433. The van der Waals surface area contributed by atoms with Crippen LogP contribution >= 0.6 is 0 Å². The molecule has 0 saturated carbocycles. The molecule has 2 fully saturated rings. The minimum Gasteiger partial charge on any atom is -0.468 e. The summed E-state index contributed by atoms with van der Waals surface area (Å²) >= 11 is 0. The van der Waals surface area contributed by atoms with Crippen molar-refractivity contribution in [2.45, 2.75) is 0 Å². The number of methoxy groups -OCH3 is 2. The maximum atomic E-state index is 11.6. The summed E-state index contributed by atoms with van der Waals surface area (Å²) < 4.78 is 9.64. The largest absolute Gasteiger partial charge is 0.468 e. The van der Waals surface area contributed by atoms with E-state index in [-0.39, 0.29) is 11.9 Å². The van der Waals surface area contributed by atoms with Crippen LogP contribution in [0, 0.1) is 0 Å². The van der Waals surface area contributed by atoms with E-state index in [9.17, 15) is 9.59 Å². The Morgan fingerprint density at radius 3 is 1.30 bits per heavy atom. The number of carbonyl (C=O) groups excluding carboxylic acids is 2. The molecule has 30 heavy (non-hydrogen) atoms. The van der Waals surface area contributed by atoms with E-state index >= 15 is 0 Å². The highest BCUT2D eigenvalue weighted by molar-refractivity contribution is 5.71. The van der Waals surface area contributed by atoms with Gasteiger partial charge in [-0.2, -0.15) is 0 Å². The molecule has 0 amide bonds. The summed E-state index contributed by atoms with van der Waals surface area (Å²) in [6.07, 6.45) is 0. The number of nitrogens with zero attached hydrogens (tertiary/aromatic N) is 4. The number of ether oxygens (including phenoxy) is 2. The second kappa shape index (κ2) is 14.7. The van der Waals surface area contributed by atoms with Crippen molar-refractivity contribution in [2.75, 3.05) is 119 Å². The molecule has 0 aliphatic carbocycles. The van der Waals surface area contributed by atoms with E-state index in [0.717, 1.165) is 91.6 Å². The van der Waals surface area contributed by atoms with Gasteiger partial charge < -0.3 is 20.1 Å². The first-order valence-corrected chi connectivity index (χ1v) is 11.0. The number of nitrogens with one attached hydrogen (secondary N) is 2. The minimum atomic E-state index is -0.179. The summed E-state index contributed by atoms with van der Waals surface area (Å²) in [6.45, 7) is 13.7. The van der Waals surface area contributed by atoms with Gasteiger partial charge in [0.25, 0.3) is 0 Å². The third kappa shape index (κ3) is 10.1. The number of esters is 2. The fourth-order valence-electron chi connectivity index (χ4n) is 3.75. The molecule has 2 rings (SSSR count). The first kappa shape index (κ1) is 25.0. The monoisotopic (exact) mass is 428 g/mol. The number of hydrogen-bond acceptors (Lipinski definition) is 10. The molecule has 2 aliphatic rings. The molecule has 10 heteroatoms. The lowest BCUT2D eigenvalue weighted by Gasteiger charge is -2.29. The van der Waals surface area contributed by atoms with Crippen LogP contribution in [0.15, 0.2) is 0 Å². The van der Waals surface area contributed by atoms with Gasteiger partial charge in [0, 0.05) is 91.6 Å². The zero-order valence-electron chi connectivity index (χ0n) is 18.7. The Hall–Kier alpha value is -1.30. The van der Waals surface area contributed by atoms with Gasteiger partial charge >= 0.3 is 11.9 Å². The van der Waals surface area contributed by atoms with E-state index in [4.69, 9.17) is 9.47 Å². The van der Waals surface area contributed by atoms with E-state index in [2.05, 4.69) is 30.2 Å². The van der Waals surface area contributed by atoms with Crippen molar-refractivity contribution >= 4 is 11.9 Å². The van der Waals surface area contributed by atoms with Crippen molar-refractivity contribution in [3.63, 3.8) is 0 Å². The van der Waals surface area contributed by atoms with Crippen LogP contribution < -0.4 is 10.6 Å². The van der Waals surface area contributed by atoms with Gasteiger partial charge in [-0.1, -0.05) is 0 Å². The third-order valence-corrected chi connectivity index (χ3v) is 5.78. The normalized spacial score (nSPS) is 22.1. The molecule has 2 aliphatic heterocycles. The van der Waals surface area contributed by atoms with E-state index in [1.807, 2.05) is 0 Å². The highest BCUT2D eigenvalue weighted by atomic mass is 16.5. The van der Waals surface area contributed by atoms with E-state index < -0.39 is 0 Å². The summed E-state index contributed by atoms with van der Waals surface area (Å²) in [4.78, 5) is 32.5. The molecule has 2 N–H and O–H groups in total. The number of carbonyl (C=O) groups is 2. The van der Waals surface area contributed by atoms with Gasteiger partial charge in [-0.05, 0) is 0 Å². The Labute approximate surface area is 180 Å². The van der Waals surface area contributed by atoms with Crippen molar-refractivity contribution in [3.8, 4) is 0 Å². The SMILES string of the molecule is COC(=O)CN1CCNCCN(CCN2CCNCCN(CC(=O)OC)CC2)CC1. The first-order chi connectivity index (χ1) is 14.6. The van der Waals surface area contributed by atoms with Gasteiger partial charge in [-0.15, -0.1) is 0 Å². The molecule has 2 heterocycles. The topological polar surface area (TPSA) is 89.6 Å². The number of rotatable bonds is 7. The summed E-state index contributed by atoms with van der Waals surface area (Å²) in [5.41, 5.74) is 0. The Balaban J connectivity index is 1.80.